The lowest BCUT2D eigenvalue weighted by Crippen LogP contribution is -2.54. The summed E-state index contributed by atoms with van der Waals surface area (Å²) in [7, 11) is -3.80. The fraction of sp³-hybridized carbons (Fsp3) is 0.588. The van der Waals surface area contributed by atoms with Crippen molar-refractivity contribution in [3.05, 3.63) is 29.8 Å². The summed E-state index contributed by atoms with van der Waals surface area (Å²) in [4.78, 5) is 14.4. The van der Waals surface area contributed by atoms with Crippen LogP contribution in [0.1, 0.15) is 44.1 Å². The van der Waals surface area contributed by atoms with Gasteiger partial charge in [-0.25, -0.2) is 17.9 Å². The molecule has 6 heteroatoms. The molecular weight excluding hydrogens is 312 g/mol. The van der Waals surface area contributed by atoms with E-state index in [-0.39, 0.29) is 10.9 Å². The highest BCUT2D eigenvalue weighted by Gasteiger charge is 2.36. The van der Waals surface area contributed by atoms with E-state index in [0.717, 1.165) is 37.7 Å². The minimum absolute atomic E-state index is 0.133. The Labute approximate surface area is 138 Å². The van der Waals surface area contributed by atoms with Crippen LogP contribution >= 0.6 is 0 Å². The largest absolute Gasteiger partial charge is 0.331 e. The first-order valence-electron chi connectivity index (χ1n) is 8.37. The van der Waals surface area contributed by atoms with Crippen LogP contribution in [0.2, 0.25) is 0 Å². The zero-order chi connectivity index (χ0) is 16.4. The lowest BCUT2D eigenvalue weighted by atomic mass is 9.78. The Morgan fingerprint density at radius 1 is 1.09 bits per heavy atom. The summed E-state index contributed by atoms with van der Waals surface area (Å²) < 4.78 is 27.0. The van der Waals surface area contributed by atoms with Crippen molar-refractivity contribution in [2.45, 2.75) is 56.4 Å². The molecule has 5 nitrogen and oxygen atoms in total. The van der Waals surface area contributed by atoms with Crippen LogP contribution in [0.5, 0.6) is 0 Å². The number of rotatable bonds is 2. The molecule has 2 amide bonds. The number of nitrogens with one attached hydrogen (secondary N) is 1. The maximum absolute atomic E-state index is 12.5. The molecule has 1 aliphatic heterocycles. The second kappa shape index (κ2) is 6.51. The van der Waals surface area contributed by atoms with Gasteiger partial charge in [0.25, 0.3) is 10.0 Å². The van der Waals surface area contributed by atoms with Gasteiger partial charge in [0.15, 0.2) is 0 Å². The van der Waals surface area contributed by atoms with Crippen LogP contribution < -0.4 is 4.72 Å². The summed E-state index contributed by atoms with van der Waals surface area (Å²) in [5, 5.41) is 0. The Bertz CT molecular complexity index is 668. The van der Waals surface area contributed by atoms with Crippen molar-refractivity contribution in [3.63, 3.8) is 0 Å². The van der Waals surface area contributed by atoms with Crippen LogP contribution in [-0.2, 0) is 10.0 Å². The monoisotopic (exact) mass is 336 g/mol. The van der Waals surface area contributed by atoms with E-state index < -0.39 is 16.1 Å². The molecule has 1 N–H and O–H groups in total. The van der Waals surface area contributed by atoms with E-state index >= 15 is 0 Å². The van der Waals surface area contributed by atoms with Gasteiger partial charge in [-0.05, 0) is 50.7 Å². The number of amides is 2. The van der Waals surface area contributed by atoms with Gasteiger partial charge >= 0.3 is 6.03 Å². The van der Waals surface area contributed by atoms with Gasteiger partial charge in [-0.1, -0.05) is 30.5 Å². The number of likely N-dealkylation sites (tertiary alicyclic amines) is 1. The van der Waals surface area contributed by atoms with Crippen LogP contribution in [0, 0.1) is 12.8 Å². The van der Waals surface area contributed by atoms with Crippen LogP contribution in [0.15, 0.2) is 29.2 Å². The van der Waals surface area contributed by atoms with Crippen molar-refractivity contribution < 1.29 is 13.2 Å². The molecular formula is C17H24N2O3S. The Morgan fingerprint density at radius 3 is 2.48 bits per heavy atom. The highest BCUT2D eigenvalue weighted by Crippen LogP contribution is 2.35. The molecule has 0 unspecified atom stereocenters. The third kappa shape index (κ3) is 3.52. The standard InChI is InChI=1S/C17H24N2O3S/c1-13-8-10-15(11-9-13)23(21,22)18-17(20)19-12-4-6-14-5-2-3-7-16(14)19/h8-11,14,16H,2-7,12H2,1H3,(H,18,20)/t14-,16+/m0/s1. The molecule has 1 saturated heterocycles. The quantitative estimate of drug-likeness (QED) is 0.902. The topological polar surface area (TPSA) is 66.5 Å². The predicted molar refractivity (Wildman–Crippen MR) is 88.6 cm³/mol. The van der Waals surface area contributed by atoms with E-state index in [0.29, 0.717) is 12.5 Å². The summed E-state index contributed by atoms with van der Waals surface area (Å²) in [5.41, 5.74) is 0.983. The molecule has 1 aromatic rings. The SMILES string of the molecule is Cc1ccc(S(=O)(=O)NC(=O)N2CCC[C@@H]3CCCC[C@H]32)cc1. The third-order valence-corrected chi connectivity index (χ3v) is 6.39. The zero-order valence-corrected chi connectivity index (χ0v) is 14.3. The van der Waals surface area contributed by atoms with Crippen molar-refractivity contribution >= 4 is 16.1 Å². The molecule has 0 aromatic heterocycles. The second-order valence-electron chi connectivity index (χ2n) is 6.67. The lowest BCUT2D eigenvalue weighted by molar-refractivity contribution is 0.0869. The zero-order valence-electron chi connectivity index (χ0n) is 13.5. The van der Waals surface area contributed by atoms with Crippen LogP contribution in [0.4, 0.5) is 4.79 Å². The minimum Gasteiger partial charge on any atom is -0.321 e. The van der Waals surface area contributed by atoms with Crippen LogP contribution in [0.25, 0.3) is 0 Å². The Kier molecular flexibility index (Phi) is 4.62. The number of piperidine rings is 1. The first kappa shape index (κ1) is 16.3. The fourth-order valence-electron chi connectivity index (χ4n) is 3.83. The molecule has 1 heterocycles. The first-order valence-corrected chi connectivity index (χ1v) is 9.86. The number of hydrogen-bond donors (Lipinski definition) is 1. The molecule has 2 fully saturated rings. The molecule has 126 valence electrons. The lowest BCUT2D eigenvalue weighted by Gasteiger charge is -2.43. The molecule has 1 saturated carbocycles. The van der Waals surface area contributed by atoms with Gasteiger partial charge in [-0.3, -0.25) is 0 Å². The van der Waals surface area contributed by atoms with E-state index in [2.05, 4.69) is 4.72 Å². The number of urea groups is 1. The summed E-state index contributed by atoms with van der Waals surface area (Å²) >= 11 is 0. The minimum atomic E-state index is -3.80. The number of benzene rings is 1. The average Bonchev–Trinajstić information content (AvgIpc) is 2.54. The maximum atomic E-state index is 12.5. The average molecular weight is 336 g/mol. The molecule has 2 atom stereocenters. The summed E-state index contributed by atoms with van der Waals surface area (Å²) in [6.45, 7) is 2.54. The molecule has 0 spiro atoms. The smallest absolute Gasteiger partial charge is 0.321 e. The number of carbonyl (C=O) groups is 1. The van der Waals surface area contributed by atoms with Gasteiger partial charge in [-0.15, -0.1) is 0 Å². The van der Waals surface area contributed by atoms with Crippen molar-refractivity contribution in [1.29, 1.82) is 0 Å². The van der Waals surface area contributed by atoms with Gasteiger partial charge in [-0.2, -0.15) is 0 Å². The molecule has 23 heavy (non-hydrogen) atoms. The van der Waals surface area contributed by atoms with Crippen LogP contribution in [-0.4, -0.2) is 31.9 Å². The molecule has 1 aliphatic carbocycles. The number of hydrogen-bond acceptors (Lipinski definition) is 3. The van der Waals surface area contributed by atoms with E-state index in [1.807, 2.05) is 6.92 Å². The van der Waals surface area contributed by atoms with E-state index in [9.17, 15) is 13.2 Å². The number of fused-ring (bicyclic) bond motifs is 1. The van der Waals surface area contributed by atoms with Gasteiger partial charge in [0.1, 0.15) is 0 Å². The van der Waals surface area contributed by atoms with E-state index in [4.69, 9.17) is 0 Å². The molecule has 1 aromatic carbocycles. The summed E-state index contributed by atoms with van der Waals surface area (Å²) in [6, 6.07) is 6.26. The number of carbonyl (C=O) groups excluding carboxylic acids is 1. The number of sulfonamides is 1. The molecule has 0 bridgehead atoms. The fourth-order valence-corrected chi connectivity index (χ4v) is 4.79. The van der Waals surface area contributed by atoms with Gasteiger partial charge in [0.05, 0.1) is 4.90 Å². The highest BCUT2D eigenvalue weighted by atomic mass is 32.2. The normalized spacial score (nSPS) is 24.8. The summed E-state index contributed by atoms with van der Waals surface area (Å²) in [5.74, 6) is 0.533. The third-order valence-electron chi connectivity index (χ3n) is 5.06. The second-order valence-corrected chi connectivity index (χ2v) is 8.35. The maximum Gasteiger partial charge on any atom is 0.331 e. The van der Waals surface area contributed by atoms with Gasteiger partial charge < -0.3 is 4.90 Å². The van der Waals surface area contributed by atoms with Crippen molar-refractivity contribution in [1.82, 2.24) is 9.62 Å². The summed E-state index contributed by atoms with van der Waals surface area (Å²) in [6.07, 6.45) is 6.59. The van der Waals surface area contributed by atoms with Crippen molar-refractivity contribution in [2.75, 3.05) is 6.54 Å². The Morgan fingerprint density at radius 2 is 1.74 bits per heavy atom. The Hall–Kier alpha value is -1.56. The Balaban J connectivity index is 1.73. The number of aryl methyl sites for hydroxylation is 1. The molecule has 2 aliphatic rings. The highest BCUT2D eigenvalue weighted by molar-refractivity contribution is 7.90. The molecule has 3 rings (SSSR count). The van der Waals surface area contributed by atoms with Crippen LogP contribution in [0.3, 0.4) is 0 Å². The van der Waals surface area contributed by atoms with Crippen molar-refractivity contribution in [3.8, 4) is 0 Å². The predicted octanol–water partition coefficient (Wildman–Crippen LogP) is 3.05. The van der Waals surface area contributed by atoms with Gasteiger partial charge in [0.2, 0.25) is 0 Å². The van der Waals surface area contributed by atoms with E-state index in [1.54, 1.807) is 17.0 Å². The number of nitrogens with zero attached hydrogens (tertiary/aromatic N) is 1. The van der Waals surface area contributed by atoms with Gasteiger partial charge in [0, 0.05) is 12.6 Å². The van der Waals surface area contributed by atoms with E-state index in [1.165, 1.54) is 18.6 Å². The molecule has 0 radical (unpaired) electrons. The van der Waals surface area contributed by atoms with Crippen molar-refractivity contribution in [2.24, 2.45) is 5.92 Å². The first-order chi connectivity index (χ1) is 11.0.